The molecule has 0 aliphatic carbocycles. The molecule has 32 heavy (non-hydrogen) atoms. The summed E-state index contributed by atoms with van der Waals surface area (Å²) in [5, 5.41) is 14.5. The van der Waals surface area contributed by atoms with Crippen LogP contribution in [0.25, 0.3) is 27.1 Å². The van der Waals surface area contributed by atoms with Gasteiger partial charge in [0.2, 0.25) is 4.96 Å². The number of carbonyl (C=O) groups is 1. The van der Waals surface area contributed by atoms with Gasteiger partial charge in [0.05, 0.1) is 11.3 Å². The molecule has 3 aromatic carbocycles. The van der Waals surface area contributed by atoms with Crippen molar-refractivity contribution >= 4 is 33.1 Å². The maximum absolute atomic E-state index is 14.0. The van der Waals surface area contributed by atoms with E-state index in [0.717, 1.165) is 22.0 Å². The molecule has 0 unspecified atom stereocenters. The maximum atomic E-state index is 14.0. The lowest BCUT2D eigenvalue weighted by Crippen LogP contribution is -2.36. The van der Waals surface area contributed by atoms with Gasteiger partial charge in [-0.1, -0.05) is 54.6 Å². The highest BCUT2D eigenvalue weighted by Crippen LogP contribution is 2.23. The molecule has 0 saturated heterocycles. The summed E-state index contributed by atoms with van der Waals surface area (Å²) in [6.45, 7) is 0.896. The first-order valence-electron chi connectivity index (χ1n) is 10.3. The van der Waals surface area contributed by atoms with Crippen LogP contribution in [-0.2, 0) is 13.0 Å². The molecule has 160 valence electrons. The number of thiazole rings is 1. The average Bonchev–Trinajstić information content (AvgIpc) is 3.39. The van der Waals surface area contributed by atoms with Crippen molar-refractivity contribution in [2.24, 2.45) is 0 Å². The lowest BCUT2D eigenvalue weighted by molar-refractivity contribution is 0.240. The predicted molar refractivity (Wildman–Crippen MR) is 124 cm³/mol. The standard InChI is InChI=1S/C24H20FN5OS/c25-21-11-4-3-10-20(21)22-28-24-30(29-22)18(15-32-24)12-13-26-23(31)27-14-17-8-5-7-16-6-1-2-9-19(16)17/h1-11,15H,12-14H2,(H2,26,27,31). The van der Waals surface area contributed by atoms with Gasteiger partial charge in [0.15, 0.2) is 5.82 Å². The van der Waals surface area contributed by atoms with E-state index in [1.165, 1.54) is 17.4 Å². The van der Waals surface area contributed by atoms with Gasteiger partial charge in [0.25, 0.3) is 0 Å². The van der Waals surface area contributed by atoms with Crippen LogP contribution < -0.4 is 10.6 Å². The summed E-state index contributed by atoms with van der Waals surface area (Å²) in [7, 11) is 0. The minimum atomic E-state index is -0.350. The smallest absolute Gasteiger partial charge is 0.315 e. The highest BCUT2D eigenvalue weighted by Gasteiger charge is 2.14. The van der Waals surface area contributed by atoms with Gasteiger partial charge in [0, 0.05) is 24.9 Å². The number of amides is 2. The summed E-state index contributed by atoms with van der Waals surface area (Å²) >= 11 is 1.44. The molecule has 2 N–H and O–H groups in total. The number of halogens is 1. The fourth-order valence-corrected chi connectivity index (χ4v) is 4.50. The molecule has 5 rings (SSSR count). The molecular weight excluding hydrogens is 425 g/mol. The first-order chi connectivity index (χ1) is 15.7. The van der Waals surface area contributed by atoms with E-state index in [0.29, 0.717) is 35.9 Å². The van der Waals surface area contributed by atoms with Crippen molar-refractivity contribution < 1.29 is 9.18 Å². The maximum Gasteiger partial charge on any atom is 0.315 e. The zero-order chi connectivity index (χ0) is 21.9. The van der Waals surface area contributed by atoms with E-state index in [1.54, 1.807) is 22.7 Å². The summed E-state index contributed by atoms with van der Waals surface area (Å²) in [6, 6.07) is 20.4. The van der Waals surface area contributed by atoms with Crippen molar-refractivity contribution in [1.82, 2.24) is 25.2 Å². The van der Waals surface area contributed by atoms with Crippen LogP contribution >= 0.6 is 11.3 Å². The summed E-state index contributed by atoms with van der Waals surface area (Å²) in [4.78, 5) is 17.4. The number of nitrogens with one attached hydrogen (secondary N) is 2. The average molecular weight is 446 g/mol. The molecular formula is C24H20FN5OS. The van der Waals surface area contributed by atoms with Crippen LogP contribution in [0.1, 0.15) is 11.3 Å². The molecule has 5 aromatic rings. The van der Waals surface area contributed by atoms with Crippen LogP contribution in [0, 0.1) is 5.82 Å². The second-order valence-electron chi connectivity index (χ2n) is 7.33. The monoisotopic (exact) mass is 445 g/mol. The lowest BCUT2D eigenvalue weighted by Gasteiger charge is -2.09. The topological polar surface area (TPSA) is 71.3 Å². The summed E-state index contributed by atoms with van der Waals surface area (Å²) in [5.74, 6) is 0.00817. The molecule has 6 nitrogen and oxygen atoms in total. The van der Waals surface area contributed by atoms with Crippen molar-refractivity contribution in [2.45, 2.75) is 13.0 Å². The molecule has 2 amide bonds. The van der Waals surface area contributed by atoms with Crippen LogP contribution in [0.15, 0.2) is 72.1 Å². The first kappa shape index (κ1) is 20.1. The van der Waals surface area contributed by atoms with Gasteiger partial charge in [0.1, 0.15) is 5.82 Å². The van der Waals surface area contributed by atoms with E-state index in [1.807, 2.05) is 29.6 Å². The quantitative estimate of drug-likeness (QED) is 0.395. The molecule has 0 radical (unpaired) electrons. The molecule has 0 saturated carbocycles. The summed E-state index contributed by atoms with van der Waals surface area (Å²) in [6.07, 6.45) is 0.585. The molecule has 0 fully saturated rings. The Morgan fingerprint density at radius 2 is 1.81 bits per heavy atom. The number of hydrogen-bond donors (Lipinski definition) is 2. The lowest BCUT2D eigenvalue weighted by atomic mass is 10.0. The number of fused-ring (bicyclic) bond motifs is 2. The van der Waals surface area contributed by atoms with Crippen LogP contribution in [-0.4, -0.2) is 27.2 Å². The number of aromatic nitrogens is 3. The largest absolute Gasteiger partial charge is 0.338 e. The van der Waals surface area contributed by atoms with E-state index in [2.05, 4.69) is 38.9 Å². The Bertz CT molecular complexity index is 1400. The van der Waals surface area contributed by atoms with Crippen molar-refractivity contribution in [3.05, 3.63) is 89.2 Å². The van der Waals surface area contributed by atoms with Crippen molar-refractivity contribution in [1.29, 1.82) is 0 Å². The van der Waals surface area contributed by atoms with Gasteiger partial charge in [-0.3, -0.25) is 0 Å². The molecule has 0 atom stereocenters. The van der Waals surface area contributed by atoms with Crippen molar-refractivity contribution in [3.63, 3.8) is 0 Å². The van der Waals surface area contributed by atoms with E-state index in [9.17, 15) is 9.18 Å². The second kappa shape index (κ2) is 8.76. The van der Waals surface area contributed by atoms with Gasteiger partial charge in [-0.25, -0.2) is 13.7 Å². The highest BCUT2D eigenvalue weighted by atomic mass is 32.1. The third kappa shape index (κ3) is 4.04. The number of nitrogens with zero attached hydrogens (tertiary/aromatic N) is 3. The molecule has 2 heterocycles. The number of rotatable bonds is 6. The van der Waals surface area contributed by atoms with E-state index in [-0.39, 0.29) is 11.8 Å². The van der Waals surface area contributed by atoms with Crippen LogP contribution in [0.2, 0.25) is 0 Å². The molecule has 0 aliphatic rings. The zero-order valence-electron chi connectivity index (χ0n) is 17.1. The minimum absolute atomic E-state index is 0.227. The van der Waals surface area contributed by atoms with Crippen molar-refractivity contribution in [3.8, 4) is 11.4 Å². The van der Waals surface area contributed by atoms with E-state index in [4.69, 9.17) is 0 Å². The fourth-order valence-electron chi connectivity index (χ4n) is 3.64. The minimum Gasteiger partial charge on any atom is -0.338 e. The predicted octanol–water partition coefficient (Wildman–Crippen LogP) is 4.79. The summed E-state index contributed by atoms with van der Waals surface area (Å²) < 4.78 is 15.8. The Labute approximate surface area is 187 Å². The third-order valence-corrected chi connectivity index (χ3v) is 6.12. The molecule has 8 heteroatoms. The van der Waals surface area contributed by atoms with E-state index >= 15 is 0 Å². The van der Waals surface area contributed by atoms with Gasteiger partial charge >= 0.3 is 6.03 Å². The highest BCUT2D eigenvalue weighted by molar-refractivity contribution is 7.15. The Balaban J connectivity index is 1.19. The van der Waals surface area contributed by atoms with Crippen LogP contribution in [0.5, 0.6) is 0 Å². The Morgan fingerprint density at radius 1 is 1.00 bits per heavy atom. The van der Waals surface area contributed by atoms with Gasteiger partial charge in [-0.05, 0) is 28.5 Å². The second-order valence-corrected chi connectivity index (χ2v) is 8.17. The summed E-state index contributed by atoms with van der Waals surface area (Å²) in [5.41, 5.74) is 2.36. The van der Waals surface area contributed by atoms with Gasteiger partial charge in [-0.15, -0.1) is 16.4 Å². The molecule has 2 aromatic heterocycles. The van der Waals surface area contributed by atoms with E-state index < -0.39 is 0 Å². The first-order valence-corrected chi connectivity index (χ1v) is 11.1. The number of urea groups is 1. The number of hydrogen-bond acceptors (Lipinski definition) is 4. The zero-order valence-corrected chi connectivity index (χ0v) is 17.9. The Hall–Kier alpha value is -3.78. The SMILES string of the molecule is O=C(NCCc1csc2nc(-c3ccccc3F)nn12)NCc1cccc2ccccc12. The van der Waals surface area contributed by atoms with Crippen molar-refractivity contribution in [2.75, 3.05) is 6.54 Å². The van der Waals surface area contributed by atoms with Gasteiger partial charge < -0.3 is 10.6 Å². The molecule has 0 aliphatic heterocycles. The molecule has 0 bridgehead atoms. The third-order valence-electron chi connectivity index (χ3n) is 5.25. The Kier molecular flexibility index (Phi) is 5.51. The van der Waals surface area contributed by atoms with Crippen LogP contribution in [0.4, 0.5) is 9.18 Å². The number of benzene rings is 3. The number of carbonyl (C=O) groups excluding carboxylic acids is 1. The van der Waals surface area contributed by atoms with Crippen LogP contribution in [0.3, 0.4) is 0 Å². The Morgan fingerprint density at radius 3 is 2.72 bits per heavy atom. The molecule has 0 spiro atoms. The van der Waals surface area contributed by atoms with Gasteiger partial charge in [-0.2, -0.15) is 4.98 Å². The fraction of sp³-hybridized carbons (Fsp3) is 0.125. The normalized spacial score (nSPS) is 11.2.